The molecule has 152 valence electrons. The Balaban J connectivity index is 1.31. The predicted molar refractivity (Wildman–Crippen MR) is 104 cm³/mol. The Labute approximate surface area is 168 Å². The van der Waals surface area contributed by atoms with Crippen LogP contribution in [0.1, 0.15) is 46.2 Å². The molecule has 5 rings (SSSR count). The standard InChI is InChI=1S/C21H23FN4O3/c1-2-12-6-15-17(8-24-21(15)27)25-20(12)26-4-3-19(16(22)9-26)29-14-5-13-10-28-11-18(13)23-7-14/h5-7,16,19H,2-4,8-11H2,1H3,(H,24,27)/t16-,19?/m0/s1. The van der Waals surface area contributed by atoms with Gasteiger partial charge in [-0.2, -0.15) is 0 Å². The Morgan fingerprint density at radius 2 is 2.24 bits per heavy atom. The first-order valence-corrected chi connectivity index (χ1v) is 10.0. The largest absolute Gasteiger partial charge is 0.486 e. The summed E-state index contributed by atoms with van der Waals surface area (Å²) in [6.07, 6.45) is 1.27. The highest BCUT2D eigenvalue weighted by molar-refractivity contribution is 5.98. The first-order valence-electron chi connectivity index (χ1n) is 10.0. The third-order valence-electron chi connectivity index (χ3n) is 5.80. The van der Waals surface area contributed by atoms with Gasteiger partial charge in [-0.15, -0.1) is 0 Å². The molecular weight excluding hydrogens is 375 g/mol. The number of hydrogen-bond acceptors (Lipinski definition) is 6. The maximum Gasteiger partial charge on any atom is 0.253 e. The molecule has 1 fully saturated rings. The SMILES string of the molecule is CCc1cc2c(nc1N1CCC(Oc3cnc4c(c3)COC4)[C@@H](F)C1)CNC2=O. The molecule has 3 aliphatic rings. The van der Waals surface area contributed by atoms with Crippen LogP contribution >= 0.6 is 0 Å². The summed E-state index contributed by atoms with van der Waals surface area (Å²) in [5.41, 5.74) is 4.27. The van der Waals surface area contributed by atoms with Crippen LogP contribution in [0.2, 0.25) is 0 Å². The van der Waals surface area contributed by atoms with E-state index in [1.165, 1.54) is 0 Å². The molecule has 1 unspecified atom stereocenters. The molecule has 0 aliphatic carbocycles. The summed E-state index contributed by atoms with van der Waals surface area (Å²) in [5.74, 6) is 1.28. The van der Waals surface area contributed by atoms with Crippen molar-refractivity contribution in [3.63, 3.8) is 0 Å². The summed E-state index contributed by atoms with van der Waals surface area (Å²) in [4.78, 5) is 22.9. The van der Waals surface area contributed by atoms with Crippen LogP contribution in [0.3, 0.4) is 0 Å². The average molecular weight is 398 g/mol. The number of amides is 1. The number of carbonyl (C=O) groups is 1. The van der Waals surface area contributed by atoms with Gasteiger partial charge in [-0.05, 0) is 24.1 Å². The lowest BCUT2D eigenvalue weighted by atomic mass is 10.0. The maximum atomic E-state index is 15.0. The van der Waals surface area contributed by atoms with Gasteiger partial charge in [0, 0.05) is 18.5 Å². The minimum absolute atomic E-state index is 0.0856. The topological polar surface area (TPSA) is 76.6 Å². The summed E-state index contributed by atoms with van der Waals surface area (Å²) in [6, 6.07) is 3.80. The average Bonchev–Trinajstić information content (AvgIpc) is 3.34. The zero-order valence-corrected chi connectivity index (χ0v) is 16.3. The van der Waals surface area contributed by atoms with Crippen molar-refractivity contribution in [2.24, 2.45) is 0 Å². The van der Waals surface area contributed by atoms with Crippen LogP contribution in [-0.2, 0) is 30.9 Å². The number of fused-ring (bicyclic) bond motifs is 2. The Morgan fingerprint density at radius 3 is 3.07 bits per heavy atom. The molecule has 2 aromatic rings. The van der Waals surface area contributed by atoms with Crippen LogP contribution in [0.4, 0.5) is 10.2 Å². The molecule has 8 heteroatoms. The minimum Gasteiger partial charge on any atom is -0.486 e. The molecule has 0 spiro atoms. The van der Waals surface area contributed by atoms with Gasteiger partial charge in [0.2, 0.25) is 0 Å². The van der Waals surface area contributed by atoms with Gasteiger partial charge < -0.3 is 19.7 Å². The molecule has 2 atom stereocenters. The highest BCUT2D eigenvalue weighted by Gasteiger charge is 2.33. The van der Waals surface area contributed by atoms with Gasteiger partial charge in [0.1, 0.15) is 17.7 Å². The zero-order chi connectivity index (χ0) is 20.0. The number of carbonyl (C=O) groups excluding carboxylic acids is 1. The second-order valence-electron chi connectivity index (χ2n) is 7.68. The predicted octanol–water partition coefficient (Wildman–Crippen LogP) is 2.31. The van der Waals surface area contributed by atoms with E-state index in [-0.39, 0.29) is 12.5 Å². The summed E-state index contributed by atoms with van der Waals surface area (Å²) < 4.78 is 26.3. The number of alkyl halides is 1. The van der Waals surface area contributed by atoms with Crippen LogP contribution < -0.4 is 15.0 Å². The van der Waals surface area contributed by atoms with Crippen molar-refractivity contribution < 1.29 is 18.7 Å². The number of piperidine rings is 1. The van der Waals surface area contributed by atoms with Gasteiger partial charge >= 0.3 is 0 Å². The quantitative estimate of drug-likeness (QED) is 0.852. The Bertz CT molecular complexity index is 967. The summed E-state index contributed by atoms with van der Waals surface area (Å²) >= 11 is 0. The molecule has 7 nitrogen and oxygen atoms in total. The van der Waals surface area contributed by atoms with Crippen molar-refractivity contribution in [2.45, 2.75) is 51.8 Å². The van der Waals surface area contributed by atoms with E-state index >= 15 is 4.39 Å². The lowest BCUT2D eigenvalue weighted by Gasteiger charge is -2.36. The fraction of sp³-hybridized carbons (Fsp3) is 0.476. The summed E-state index contributed by atoms with van der Waals surface area (Å²) in [5, 5.41) is 2.80. The number of aromatic nitrogens is 2. The van der Waals surface area contributed by atoms with E-state index in [9.17, 15) is 4.79 Å². The fourth-order valence-electron chi connectivity index (χ4n) is 4.18. The van der Waals surface area contributed by atoms with E-state index in [2.05, 4.69) is 10.3 Å². The Morgan fingerprint density at radius 1 is 1.34 bits per heavy atom. The van der Waals surface area contributed by atoms with Crippen LogP contribution in [0.25, 0.3) is 0 Å². The van der Waals surface area contributed by atoms with Gasteiger partial charge in [0.15, 0.2) is 6.17 Å². The molecule has 1 saturated heterocycles. The first-order chi connectivity index (χ1) is 14.1. The van der Waals surface area contributed by atoms with E-state index in [4.69, 9.17) is 14.5 Å². The minimum atomic E-state index is -1.15. The van der Waals surface area contributed by atoms with E-state index in [1.54, 1.807) is 6.20 Å². The van der Waals surface area contributed by atoms with Gasteiger partial charge in [0.05, 0.1) is 49.5 Å². The highest BCUT2D eigenvalue weighted by Crippen LogP contribution is 2.30. The second-order valence-corrected chi connectivity index (χ2v) is 7.68. The smallest absolute Gasteiger partial charge is 0.253 e. The van der Waals surface area contributed by atoms with Crippen LogP contribution in [-0.4, -0.2) is 41.2 Å². The number of halogens is 1. The lowest BCUT2D eigenvalue weighted by molar-refractivity contribution is 0.0814. The summed E-state index contributed by atoms with van der Waals surface area (Å²) in [7, 11) is 0. The molecule has 1 N–H and O–H groups in total. The normalized spacial score (nSPS) is 23.0. The molecule has 0 aromatic carbocycles. The van der Waals surface area contributed by atoms with Gasteiger partial charge in [-0.3, -0.25) is 9.78 Å². The van der Waals surface area contributed by atoms with Crippen molar-refractivity contribution in [1.82, 2.24) is 15.3 Å². The Hall–Kier alpha value is -2.74. The van der Waals surface area contributed by atoms with E-state index in [0.717, 1.165) is 34.8 Å². The number of rotatable bonds is 4. The fourth-order valence-corrected chi connectivity index (χ4v) is 4.18. The van der Waals surface area contributed by atoms with Crippen LogP contribution in [0.5, 0.6) is 5.75 Å². The monoisotopic (exact) mass is 398 g/mol. The molecule has 0 saturated carbocycles. The molecular formula is C21H23FN4O3. The van der Waals surface area contributed by atoms with Crippen LogP contribution in [0, 0.1) is 0 Å². The number of nitrogens with zero attached hydrogens (tertiary/aromatic N) is 3. The van der Waals surface area contributed by atoms with E-state index < -0.39 is 12.3 Å². The van der Waals surface area contributed by atoms with Crippen molar-refractivity contribution >= 4 is 11.7 Å². The molecule has 0 bridgehead atoms. The number of aryl methyl sites for hydroxylation is 1. The molecule has 5 heterocycles. The Kier molecular flexibility index (Phi) is 4.58. The first kappa shape index (κ1) is 18.3. The molecule has 2 aromatic heterocycles. The molecule has 1 amide bonds. The highest BCUT2D eigenvalue weighted by atomic mass is 19.1. The van der Waals surface area contributed by atoms with Crippen molar-refractivity contribution in [3.8, 4) is 5.75 Å². The van der Waals surface area contributed by atoms with Crippen molar-refractivity contribution in [3.05, 3.63) is 46.4 Å². The molecule has 3 aliphatic heterocycles. The van der Waals surface area contributed by atoms with Gasteiger partial charge in [0.25, 0.3) is 5.91 Å². The van der Waals surface area contributed by atoms with Crippen LogP contribution in [0.15, 0.2) is 18.3 Å². The third kappa shape index (κ3) is 3.31. The number of anilines is 1. The van der Waals surface area contributed by atoms with Gasteiger partial charge in [-0.1, -0.05) is 6.92 Å². The van der Waals surface area contributed by atoms with Crippen molar-refractivity contribution in [1.29, 1.82) is 0 Å². The maximum absolute atomic E-state index is 15.0. The lowest BCUT2D eigenvalue weighted by Crippen LogP contribution is -2.47. The summed E-state index contributed by atoms with van der Waals surface area (Å²) in [6.45, 7) is 4.36. The van der Waals surface area contributed by atoms with Crippen molar-refractivity contribution in [2.75, 3.05) is 18.0 Å². The molecule has 29 heavy (non-hydrogen) atoms. The third-order valence-corrected chi connectivity index (χ3v) is 5.80. The molecule has 0 radical (unpaired) electrons. The van der Waals surface area contributed by atoms with E-state index in [1.807, 2.05) is 24.0 Å². The van der Waals surface area contributed by atoms with E-state index in [0.29, 0.717) is 44.0 Å². The number of hydrogen-bond donors (Lipinski definition) is 1. The zero-order valence-electron chi connectivity index (χ0n) is 16.3. The number of pyridine rings is 2. The number of ether oxygens (including phenoxy) is 2. The second kappa shape index (κ2) is 7.26. The van der Waals surface area contributed by atoms with Gasteiger partial charge in [-0.25, -0.2) is 9.37 Å². The number of nitrogens with one attached hydrogen (secondary N) is 1.